The van der Waals surface area contributed by atoms with Crippen LogP contribution in [-0.4, -0.2) is 105 Å². The largest absolute Gasteiger partial charge is 0.459 e. The third kappa shape index (κ3) is 6.98. The minimum Gasteiger partial charge on any atom is -0.459 e. The Kier molecular flexibility index (Phi) is 13.3. The molecule has 0 aromatic rings. The first-order valence-electron chi connectivity index (χ1n) is 19.0. The molecule has 0 radical (unpaired) electrons. The zero-order valence-corrected chi connectivity index (χ0v) is 36.1. The molecule has 3 rings (SSSR count). The molecule has 3 saturated heterocycles. The minimum atomic E-state index is -0.517. The molecule has 0 N–H and O–H groups in total. The lowest BCUT2D eigenvalue weighted by molar-refractivity contribution is -0.194. The molecule has 3 aliphatic heterocycles. The van der Waals surface area contributed by atoms with Gasteiger partial charge in [-0.05, 0) is 147 Å². The van der Waals surface area contributed by atoms with Crippen LogP contribution in [0.3, 0.4) is 0 Å². The topological polar surface area (TPSA) is 39.3 Å². The van der Waals surface area contributed by atoms with E-state index in [4.69, 9.17) is 4.74 Å². The van der Waals surface area contributed by atoms with Gasteiger partial charge < -0.3 is 4.74 Å². The maximum absolute atomic E-state index is 11.7. The highest BCUT2D eigenvalue weighted by molar-refractivity contribution is 5.81. The molecule has 6 heteroatoms. The fourth-order valence-electron chi connectivity index (χ4n) is 9.33. The smallest absolute Gasteiger partial charge is 0.326 e. The Morgan fingerprint density at radius 2 is 1.04 bits per heavy atom. The first-order valence-corrected chi connectivity index (χ1v) is 19.0. The number of piperidine rings is 1. The van der Waals surface area contributed by atoms with Gasteiger partial charge >= 0.3 is 5.97 Å². The van der Waals surface area contributed by atoms with Crippen LogP contribution in [0.1, 0.15) is 170 Å². The van der Waals surface area contributed by atoms with E-state index in [1.54, 1.807) is 0 Å². The average Bonchev–Trinajstić information content (AvgIpc) is 3.00. The van der Waals surface area contributed by atoms with Gasteiger partial charge in [-0.2, -0.15) is 0 Å². The number of rotatable bonds is 5. The third-order valence-corrected chi connectivity index (χ3v) is 16.7. The number of hydrogen-bond acceptors (Lipinski definition) is 6. The van der Waals surface area contributed by atoms with E-state index in [0.717, 1.165) is 13.0 Å². The van der Waals surface area contributed by atoms with Crippen molar-refractivity contribution in [2.24, 2.45) is 10.8 Å². The quantitative estimate of drug-likeness (QED) is 0.273. The molecule has 0 aliphatic carbocycles. The summed E-state index contributed by atoms with van der Waals surface area (Å²) in [6, 6.07) is 0. The molecule has 6 atom stereocenters. The Labute approximate surface area is 295 Å². The first-order chi connectivity index (χ1) is 20.9. The van der Waals surface area contributed by atoms with Gasteiger partial charge in [0.1, 0.15) is 11.6 Å². The van der Waals surface area contributed by atoms with Crippen molar-refractivity contribution in [3.63, 3.8) is 0 Å². The summed E-state index contributed by atoms with van der Waals surface area (Å²) in [4.78, 5) is 21.7. The molecule has 6 unspecified atom stereocenters. The van der Waals surface area contributed by atoms with Gasteiger partial charge in [0.05, 0.1) is 5.54 Å². The van der Waals surface area contributed by atoms with Crippen LogP contribution in [0.15, 0.2) is 0 Å². The van der Waals surface area contributed by atoms with Crippen LogP contribution in [-0.2, 0) is 9.53 Å². The molecular weight excluding hydrogens is 580 g/mol. The summed E-state index contributed by atoms with van der Waals surface area (Å²) in [7, 11) is 8.92. The van der Waals surface area contributed by atoms with Gasteiger partial charge in [0.2, 0.25) is 0 Å². The molecule has 47 heavy (non-hydrogen) atoms. The lowest BCUT2D eigenvalue weighted by atomic mass is 9.49. The number of likely N-dealkylation sites (N-methyl/N-ethyl adjacent to an activating group) is 3. The number of esters is 1. The summed E-state index contributed by atoms with van der Waals surface area (Å²) in [6.07, 6.45) is 7.07. The van der Waals surface area contributed by atoms with Crippen LogP contribution in [0, 0.1) is 10.8 Å². The van der Waals surface area contributed by atoms with Gasteiger partial charge in [-0.3, -0.25) is 24.4 Å². The molecular formula is C41H84N4O2. The van der Waals surface area contributed by atoms with Crippen LogP contribution >= 0.6 is 0 Å². The monoisotopic (exact) mass is 665 g/mol. The number of hydrogen-bond donors (Lipinski definition) is 0. The minimum absolute atomic E-state index is 0.0435. The Bertz CT molecular complexity index is 1070. The fraction of sp³-hybridized carbons (Fsp3) is 0.976. The van der Waals surface area contributed by atoms with E-state index >= 15 is 0 Å². The maximum Gasteiger partial charge on any atom is 0.326 e. The standard InChI is InChI=1S/C16H33N.C14H30N2.C11H21NO2/c1-10-15(7)12-13(3,4)14(5,6)16(8,11-2)17(15)9;1-9-13(5)11-15(7)12(3,4)14(6,10-2)16(13)8;1-7-11(5)8(2)14-9(13)10(3,4)12(11)6/h10-12H2,1-9H3;9-11H2,1-8H3;8H,7H2,1-6H3. The van der Waals surface area contributed by atoms with Crippen LogP contribution in [0.2, 0.25) is 0 Å². The van der Waals surface area contributed by atoms with Crippen molar-refractivity contribution in [1.82, 2.24) is 19.6 Å². The van der Waals surface area contributed by atoms with E-state index in [-0.39, 0.29) is 34.2 Å². The van der Waals surface area contributed by atoms with Crippen molar-refractivity contribution >= 4 is 5.97 Å². The Balaban J connectivity index is 0.000000354. The molecule has 0 spiro atoms. The highest BCUT2D eigenvalue weighted by Crippen LogP contribution is 2.60. The van der Waals surface area contributed by atoms with Crippen LogP contribution in [0.4, 0.5) is 0 Å². The highest BCUT2D eigenvalue weighted by atomic mass is 16.6. The van der Waals surface area contributed by atoms with Crippen LogP contribution in [0.5, 0.6) is 0 Å². The first kappa shape index (κ1) is 44.3. The summed E-state index contributed by atoms with van der Waals surface area (Å²) < 4.78 is 5.40. The van der Waals surface area contributed by atoms with Gasteiger partial charge in [-0.1, -0.05) is 62.3 Å². The van der Waals surface area contributed by atoms with Crippen molar-refractivity contribution in [3.8, 4) is 0 Å². The van der Waals surface area contributed by atoms with Gasteiger partial charge in [0.15, 0.2) is 0 Å². The molecule has 3 fully saturated rings. The SMILES string of the molecule is CCC1(C)C(C)OC(=O)C(C)(C)N1C.CCC1(C)CC(C)(C)C(C)(C)C(C)(CC)N1C.CCC1(C)CN(C)C(C)(C)C(C)(CC)N1C. The van der Waals surface area contributed by atoms with E-state index in [1.165, 1.54) is 32.1 Å². The van der Waals surface area contributed by atoms with Gasteiger partial charge in [0, 0.05) is 34.2 Å². The average molecular weight is 665 g/mol. The summed E-state index contributed by atoms with van der Waals surface area (Å²) in [5, 5.41) is 0. The zero-order valence-electron chi connectivity index (χ0n) is 36.1. The van der Waals surface area contributed by atoms with E-state index in [0.29, 0.717) is 21.9 Å². The summed E-state index contributed by atoms with van der Waals surface area (Å²) in [6.45, 7) is 44.8. The predicted molar refractivity (Wildman–Crippen MR) is 205 cm³/mol. The summed E-state index contributed by atoms with van der Waals surface area (Å²) in [5.74, 6) is -0.126. The van der Waals surface area contributed by atoms with E-state index in [1.807, 2.05) is 27.8 Å². The number of nitrogens with zero attached hydrogens (tertiary/aromatic N) is 4. The van der Waals surface area contributed by atoms with Crippen molar-refractivity contribution in [1.29, 1.82) is 0 Å². The maximum atomic E-state index is 11.7. The Morgan fingerprint density at radius 3 is 1.43 bits per heavy atom. The second-order valence-corrected chi connectivity index (χ2v) is 19.1. The molecule has 0 saturated carbocycles. The number of carbonyl (C=O) groups excluding carboxylic acids is 1. The lowest BCUT2D eigenvalue weighted by Crippen LogP contribution is -2.76. The van der Waals surface area contributed by atoms with Crippen molar-refractivity contribution in [3.05, 3.63) is 0 Å². The Hall–Kier alpha value is -0.690. The van der Waals surface area contributed by atoms with E-state index in [9.17, 15) is 4.79 Å². The number of morpholine rings is 1. The molecule has 6 nitrogen and oxygen atoms in total. The normalized spacial score (nSPS) is 40.4. The van der Waals surface area contributed by atoms with E-state index < -0.39 is 5.54 Å². The molecule has 280 valence electrons. The van der Waals surface area contributed by atoms with Gasteiger partial charge in [0.25, 0.3) is 0 Å². The number of carbonyl (C=O) groups is 1. The number of ether oxygens (including phenoxy) is 1. The van der Waals surface area contributed by atoms with Crippen molar-refractivity contribution in [2.45, 2.75) is 215 Å². The van der Waals surface area contributed by atoms with Crippen molar-refractivity contribution in [2.75, 3.05) is 34.7 Å². The molecule has 3 heterocycles. The Morgan fingerprint density at radius 1 is 0.617 bits per heavy atom. The number of likely N-dealkylation sites (tertiary alicyclic amines) is 1. The molecule has 0 aromatic heterocycles. The molecule has 0 aromatic carbocycles. The summed E-state index contributed by atoms with van der Waals surface area (Å²) >= 11 is 0. The molecule has 0 amide bonds. The fourth-order valence-corrected chi connectivity index (χ4v) is 9.33. The van der Waals surface area contributed by atoms with Crippen LogP contribution < -0.4 is 0 Å². The van der Waals surface area contributed by atoms with Gasteiger partial charge in [-0.15, -0.1) is 0 Å². The molecule has 0 bridgehead atoms. The highest BCUT2D eigenvalue weighted by Gasteiger charge is 2.60. The zero-order chi connectivity index (χ0) is 37.6. The van der Waals surface area contributed by atoms with E-state index in [2.05, 4.69) is 152 Å². The number of piperazine rings is 1. The predicted octanol–water partition coefficient (Wildman–Crippen LogP) is 9.50. The second-order valence-electron chi connectivity index (χ2n) is 19.1. The molecule has 3 aliphatic rings. The van der Waals surface area contributed by atoms with Gasteiger partial charge in [-0.25, -0.2) is 0 Å². The second kappa shape index (κ2) is 14.1. The third-order valence-electron chi connectivity index (χ3n) is 16.7. The lowest BCUT2D eigenvalue weighted by Gasteiger charge is -2.68. The number of cyclic esters (lactones) is 1. The van der Waals surface area contributed by atoms with Crippen molar-refractivity contribution < 1.29 is 9.53 Å². The van der Waals surface area contributed by atoms with Crippen LogP contribution in [0.25, 0.3) is 0 Å². The summed E-state index contributed by atoms with van der Waals surface area (Å²) in [5.41, 5.74) is 1.52.